The van der Waals surface area contributed by atoms with Crippen LogP contribution in [0, 0.1) is 0 Å². The van der Waals surface area contributed by atoms with Gasteiger partial charge in [-0.2, -0.15) is 0 Å². The fourth-order valence-corrected chi connectivity index (χ4v) is 13.5. The van der Waals surface area contributed by atoms with Gasteiger partial charge in [0.1, 0.15) is 0 Å². The third kappa shape index (κ3) is 5.50. The van der Waals surface area contributed by atoms with E-state index in [1.54, 1.807) is 0 Å². The lowest BCUT2D eigenvalue weighted by Gasteiger charge is -2.32. The van der Waals surface area contributed by atoms with Gasteiger partial charge in [-0.1, -0.05) is 218 Å². The van der Waals surface area contributed by atoms with E-state index >= 15 is 0 Å². The second kappa shape index (κ2) is 15.6. The summed E-state index contributed by atoms with van der Waals surface area (Å²) in [4.78, 5) is 2.58. The van der Waals surface area contributed by atoms with Crippen LogP contribution >= 0.6 is 0 Å². The number of benzene rings is 12. The molecule has 0 saturated carbocycles. The number of fused-ring (bicyclic) bond motifs is 17. The van der Waals surface area contributed by atoms with Gasteiger partial charge in [0.05, 0.1) is 44.5 Å². The smallest absolute Gasteiger partial charge is 0.0782 e. The van der Waals surface area contributed by atoms with Gasteiger partial charge in [0.25, 0.3) is 0 Å². The molecule has 0 N–H and O–H groups in total. The maximum Gasteiger partial charge on any atom is 0.0782 e. The van der Waals surface area contributed by atoms with E-state index < -0.39 is 5.41 Å². The van der Waals surface area contributed by atoms with Gasteiger partial charge in [0.2, 0.25) is 0 Å². The minimum absolute atomic E-state index is 0.502. The van der Waals surface area contributed by atoms with Crippen LogP contribution in [-0.2, 0) is 5.41 Å². The third-order valence-electron chi connectivity index (χ3n) is 16.3. The Morgan fingerprint density at radius 1 is 0.311 bits per heavy atom. The molecule has 0 radical (unpaired) electrons. The summed E-state index contributed by atoms with van der Waals surface area (Å²) in [5.74, 6) is 0. The molecule has 0 bridgehead atoms. The Kier molecular flexibility index (Phi) is 8.66. The zero-order valence-electron chi connectivity index (χ0n) is 40.3. The highest BCUT2D eigenvalue weighted by molar-refractivity contribution is 6.17. The van der Waals surface area contributed by atoms with E-state index in [1.165, 1.54) is 105 Å². The zero-order valence-corrected chi connectivity index (χ0v) is 40.3. The molecule has 74 heavy (non-hydrogen) atoms. The molecule has 3 nitrogen and oxygen atoms in total. The van der Waals surface area contributed by atoms with Gasteiger partial charge in [-0.15, -0.1) is 0 Å². The summed E-state index contributed by atoms with van der Waals surface area (Å²) in [5.41, 5.74) is 22.5. The number of para-hydroxylation sites is 5. The molecule has 0 amide bonds. The molecule has 0 aliphatic heterocycles. The summed E-state index contributed by atoms with van der Waals surface area (Å²) in [7, 11) is 0. The van der Waals surface area contributed by atoms with Gasteiger partial charge >= 0.3 is 0 Å². The van der Waals surface area contributed by atoms with Crippen LogP contribution in [0.1, 0.15) is 22.3 Å². The average Bonchev–Trinajstić information content (AvgIpc) is 4.19. The Morgan fingerprint density at radius 2 is 0.811 bits per heavy atom. The van der Waals surface area contributed by atoms with Crippen molar-refractivity contribution in [3.05, 3.63) is 295 Å². The molecule has 2 aliphatic rings. The molecule has 12 aromatic carbocycles. The molecular weight excluding hydrogens is 895 g/mol. The molecule has 2 aromatic heterocycles. The average molecular weight is 940 g/mol. The third-order valence-corrected chi connectivity index (χ3v) is 16.3. The quantitative estimate of drug-likeness (QED) is 0.162. The van der Waals surface area contributed by atoms with E-state index in [4.69, 9.17) is 0 Å². The Bertz CT molecular complexity index is 4580. The number of hydrogen-bond acceptors (Lipinski definition) is 1. The first-order chi connectivity index (χ1) is 36.8. The standard InChI is InChI=1S/C71H45N3/c1-2-24-48(25-3-1)73-64-40-14-9-31-55(64)57-35-19-44-67(70(57)73)72(66-43-20-39-62-68(66)58-32-8-13-38-61(58)71(62)59-36-11-6-28-52(59)53-29-7-12-37-60(53)71)49-26-16-23-47(45-49)51-33-18-34-56-54-30-10-15-41-65(54)74(69(51)56)63-42-17-22-46-21-4-5-27-50(46)63/h1-45H. The summed E-state index contributed by atoms with van der Waals surface area (Å²) < 4.78 is 4.98. The van der Waals surface area contributed by atoms with Crippen molar-refractivity contribution in [1.29, 1.82) is 0 Å². The van der Waals surface area contributed by atoms with Crippen LogP contribution in [0.25, 0.3) is 99.1 Å². The maximum absolute atomic E-state index is 2.58. The van der Waals surface area contributed by atoms with Crippen LogP contribution in [0.5, 0.6) is 0 Å². The largest absolute Gasteiger partial charge is 0.308 e. The van der Waals surface area contributed by atoms with E-state index in [2.05, 4.69) is 287 Å². The van der Waals surface area contributed by atoms with Crippen LogP contribution in [-0.4, -0.2) is 9.13 Å². The van der Waals surface area contributed by atoms with E-state index in [1.807, 2.05) is 0 Å². The molecule has 1 spiro atoms. The highest BCUT2D eigenvalue weighted by Gasteiger charge is 2.52. The molecule has 3 heteroatoms. The number of hydrogen-bond donors (Lipinski definition) is 0. The van der Waals surface area contributed by atoms with Crippen molar-refractivity contribution in [3.63, 3.8) is 0 Å². The van der Waals surface area contributed by atoms with Gasteiger partial charge in [-0.05, 0) is 104 Å². The van der Waals surface area contributed by atoms with Gasteiger partial charge in [-0.25, -0.2) is 0 Å². The maximum atomic E-state index is 2.58. The summed E-state index contributed by atoms with van der Waals surface area (Å²) in [6.07, 6.45) is 0. The molecule has 0 atom stereocenters. The second-order valence-electron chi connectivity index (χ2n) is 19.9. The van der Waals surface area contributed by atoms with Crippen molar-refractivity contribution >= 4 is 71.4 Å². The van der Waals surface area contributed by atoms with Gasteiger partial charge < -0.3 is 14.0 Å². The summed E-state index contributed by atoms with van der Waals surface area (Å²) in [5, 5.41) is 7.32. The molecule has 0 unspecified atom stereocenters. The minimum Gasteiger partial charge on any atom is -0.308 e. The molecular formula is C71H45N3. The Balaban J connectivity index is 1.01. The first-order valence-corrected chi connectivity index (χ1v) is 25.7. The molecule has 2 aliphatic carbocycles. The molecule has 2 heterocycles. The van der Waals surface area contributed by atoms with Gasteiger partial charge in [-0.3, -0.25) is 0 Å². The first-order valence-electron chi connectivity index (χ1n) is 25.7. The van der Waals surface area contributed by atoms with Crippen molar-refractivity contribution in [2.75, 3.05) is 4.90 Å². The predicted octanol–water partition coefficient (Wildman–Crippen LogP) is 18.5. The molecule has 0 saturated heterocycles. The lowest BCUT2D eigenvalue weighted by molar-refractivity contribution is 0.794. The van der Waals surface area contributed by atoms with Crippen molar-refractivity contribution in [3.8, 4) is 44.8 Å². The topological polar surface area (TPSA) is 13.1 Å². The Labute approximate surface area is 428 Å². The predicted molar refractivity (Wildman–Crippen MR) is 309 cm³/mol. The SMILES string of the molecule is c1ccc(-n2c3ccccc3c3cccc(N(c4cccc(-c5cccc6c7ccccc7n(-c7cccc8ccccc78)c56)c4)c4cccc5c4-c4ccccc4C54c5ccccc5-c5ccccc54)c32)cc1. The Morgan fingerprint density at radius 3 is 1.57 bits per heavy atom. The normalized spacial score (nSPS) is 13.0. The lowest BCUT2D eigenvalue weighted by atomic mass is 9.70. The number of rotatable bonds is 6. The fourth-order valence-electron chi connectivity index (χ4n) is 13.5. The summed E-state index contributed by atoms with van der Waals surface area (Å²) in [6, 6.07) is 102. The lowest BCUT2D eigenvalue weighted by Crippen LogP contribution is -2.26. The van der Waals surface area contributed by atoms with Gasteiger partial charge in [0, 0.05) is 49.4 Å². The summed E-state index contributed by atoms with van der Waals surface area (Å²) in [6.45, 7) is 0. The number of nitrogens with zero attached hydrogens (tertiary/aromatic N) is 3. The summed E-state index contributed by atoms with van der Waals surface area (Å²) >= 11 is 0. The van der Waals surface area contributed by atoms with Crippen LogP contribution in [0.4, 0.5) is 17.1 Å². The van der Waals surface area contributed by atoms with Crippen molar-refractivity contribution < 1.29 is 0 Å². The van der Waals surface area contributed by atoms with Crippen LogP contribution < -0.4 is 4.90 Å². The highest BCUT2D eigenvalue weighted by Crippen LogP contribution is 2.65. The van der Waals surface area contributed by atoms with Gasteiger partial charge in [0.15, 0.2) is 0 Å². The molecule has 16 rings (SSSR count). The first kappa shape index (κ1) is 41.0. The molecule has 0 fully saturated rings. The zero-order chi connectivity index (χ0) is 48.5. The van der Waals surface area contributed by atoms with E-state index in [-0.39, 0.29) is 0 Å². The van der Waals surface area contributed by atoms with Crippen molar-refractivity contribution in [2.24, 2.45) is 0 Å². The number of anilines is 3. The van der Waals surface area contributed by atoms with E-state index in [0.717, 1.165) is 33.8 Å². The van der Waals surface area contributed by atoms with Crippen LogP contribution in [0.15, 0.2) is 273 Å². The van der Waals surface area contributed by atoms with E-state index in [9.17, 15) is 0 Å². The molecule has 344 valence electrons. The minimum atomic E-state index is -0.502. The van der Waals surface area contributed by atoms with E-state index in [0.29, 0.717) is 0 Å². The fraction of sp³-hybridized carbons (Fsp3) is 0.0141. The van der Waals surface area contributed by atoms with Crippen LogP contribution in [0.3, 0.4) is 0 Å². The number of aromatic nitrogens is 2. The highest BCUT2D eigenvalue weighted by atomic mass is 15.2. The van der Waals surface area contributed by atoms with Crippen molar-refractivity contribution in [2.45, 2.75) is 5.41 Å². The molecule has 14 aromatic rings. The monoisotopic (exact) mass is 939 g/mol. The Hall–Kier alpha value is -9.70. The van der Waals surface area contributed by atoms with Crippen LogP contribution in [0.2, 0.25) is 0 Å². The second-order valence-corrected chi connectivity index (χ2v) is 19.9. The van der Waals surface area contributed by atoms with Crippen molar-refractivity contribution in [1.82, 2.24) is 9.13 Å².